The molecule has 1 atom stereocenters. The first kappa shape index (κ1) is 10.1. The number of nitriles is 1. The molecule has 0 amide bonds. The number of pyridine rings is 1. The normalized spacial score (nSPS) is 12.3. The van der Waals surface area contributed by atoms with Crippen LogP contribution in [0.15, 0.2) is 34.9 Å². The van der Waals surface area contributed by atoms with E-state index in [-0.39, 0.29) is 0 Å². The van der Waals surface area contributed by atoms with Gasteiger partial charge in [0.2, 0.25) is 0 Å². The highest BCUT2D eigenvalue weighted by molar-refractivity contribution is 9.10. The second-order valence-electron chi connectivity index (χ2n) is 3.14. The Kier molecular flexibility index (Phi) is 2.67. The molecule has 2 rings (SSSR count). The fraction of sp³-hybridized carbons (Fsp3) is 0.0909. The minimum atomic E-state index is -0.629. The van der Waals surface area contributed by atoms with Crippen molar-refractivity contribution in [3.63, 3.8) is 0 Å². The van der Waals surface area contributed by atoms with Gasteiger partial charge in [-0.25, -0.2) is 0 Å². The predicted octanol–water partition coefficient (Wildman–Crippen LogP) is 2.52. The molecule has 0 saturated heterocycles. The molecule has 15 heavy (non-hydrogen) atoms. The van der Waals surface area contributed by atoms with Crippen molar-refractivity contribution >= 4 is 26.8 Å². The summed E-state index contributed by atoms with van der Waals surface area (Å²) in [6.07, 6.45) is 1.70. The van der Waals surface area contributed by atoms with E-state index in [9.17, 15) is 0 Å². The molecule has 4 heteroatoms. The van der Waals surface area contributed by atoms with Gasteiger partial charge in [-0.05, 0) is 12.1 Å². The van der Waals surface area contributed by atoms with Gasteiger partial charge < -0.3 is 5.73 Å². The lowest BCUT2D eigenvalue weighted by Crippen LogP contribution is -2.08. The first-order chi connectivity index (χ1) is 7.24. The van der Waals surface area contributed by atoms with Crippen LogP contribution >= 0.6 is 15.9 Å². The summed E-state index contributed by atoms with van der Waals surface area (Å²) < 4.78 is 0.958. The first-order valence-corrected chi connectivity index (χ1v) is 5.21. The molecular formula is C11H8BrN3. The van der Waals surface area contributed by atoms with Gasteiger partial charge in [0.1, 0.15) is 6.04 Å². The van der Waals surface area contributed by atoms with Gasteiger partial charge >= 0.3 is 0 Å². The topological polar surface area (TPSA) is 62.7 Å². The Morgan fingerprint density at radius 1 is 1.40 bits per heavy atom. The lowest BCUT2D eigenvalue weighted by molar-refractivity contribution is 0.932. The zero-order chi connectivity index (χ0) is 10.8. The summed E-state index contributed by atoms with van der Waals surface area (Å²) in [5.74, 6) is 0. The molecule has 2 aromatic rings. The maximum Gasteiger partial charge on any atom is 0.120 e. The van der Waals surface area contributed by atoms with Gasteiger partial charge in [0.05, 0.1) is 11.6 Å². The average molecular weight is 262 g/mol. The monoisotopic (exact) mass is 261 g/mol. The van der Waals surface area contributed by atoms with Crippen LogP contribution in [-0.4, -0.2) is 4.98 Å². The highest BCUT2D eigenvalue weighted by Gasteiger charge is 2.11. The summed E-state index contributed by atoms with van der Waals surface area (Å²) in [6.45, 7) is 0. The molecule has 1 aromatic carbocycles. The van der Waals surface area contributed by atoms with Crippen LogP contribution in [0.1, 0.15) is 11.6 Å². The molecule has 0 bridgehead atoms. The Bertz CT molecular complexity index is 545. The van der Waals surface area contributed by atoms with E-state index in [4.69, 9.17) is 11.0 Å². The largest absolute Gasteiger partial charge is 0.312 e. The average Bonchev–Trinajstić information content (AvgIpc) is 2.29. The van der Waals surface area contributed by atoms with Crippen LogP contribution in [0.3, 0.4) is 0 Å². The van der Waals surface area contributed by atoms with Crippen molar-refractivity contribution < 1.29 is 0 Å². The second kappa shape index (κ2) is 3.97. The lowest BCUT2D eigenvalue weighted by atomic mass is 10.0. The molecular weight excluding hydrogens is 254 g/mol. The van der Waals surface area contributed by atoms with Crippen molar-refractivity contribution in [2.24, 2.45) is 5.73 Å². The molecule has 0 aliphatic carbocycles. The summed E-state index contributed by atoms with van der Waals surface area (Å²) in [4.78, 5) is 4.25. The Hall–Kier alpha value is -1.44. The van der Waals surface area contributed by atoms with Crippen LogP contribution in [0, 0.1) is 11.3 Å². The molecule has 1 heterocycles. The molecule has 3 nitrogen and oxygen atoms in total. The van der Waals surface area contributed by atoms with Crippen LogP contribution < -0.4 is 5.73 Å². The molecule has 1 unspecified atom stereocenters. The number of nitrogens with two attached hydrogens (primary N) is 1. The van der Waals surface area contributed by atoms with E-state index in [2.05, 4.69) is 20.9 Å². The van der Waals surface area contributed by atoms with Crippen molar-refractivity contribution in [2.75, 3.05) is 0 Å². The zero-order valence-electron chi connectivity index (χ0n) is 7.81. The van der Waals surface area contributed by atoms with E-state index in [0.717, 1.165) is 20.9 Å². The Morgan fingerprint density at radius 3 is 2.93 bits per heavy atom. The molecule has 0 fully saturated rings. The summed E-state index contributed by atoms with van der Waals surface area (Å²) in [6, 6.07) is 8.90. The van der Waals surface area contributed by atoms with Gasteiger partial charge in [0, 0.05) is 21.6 Å². The third-order valence-electron chi connectivity index (χ3n) is 2.22. The smallest absolute Gasteiger partial charge is 0.120 e. The number of halogens is 1. The van der Waals surface area contributed by atoms with Crippen LogP contribution in [0.2, 0.25) is 0 Å². The number of hydrogen-bond acceptors (Lipinski definition) is 3. The van der Waals surface area contributed by atoms with Crippen LogP contribution in [0.25, 0.3) is 10.9 Å². The van der Waals surface area contributed by atoms with E-state index in [1.54, 1.807) is 6.20 Å². The van der Waals surface area contributed by atoms with Gasteiger partial charge in [-0.1, -0.05) is 28.1 Å². The number of hydrogen-bond donors (Lipinski definition) is 1. The van der Waals surface area contributed by atoms with Crippen molar-refractivity contribution in [1.82, 2.24) is 4.98 Å². The minimum Gasteiger partial charge on any atom is -0.312 e. The standard InChI is InChI=1S/C11H8BrN3/c12-9-4-3-8(10(14)6-13)11-7(9)2-1-5-15-11/h1-5,10H,14H2. The molecule has 0 saturated carbocycles. The summed E-state index contributed by atoms with van der Waals surface area (Å²) in [7, 11) is 0. The molecule has 0 aliphatic heterocycles. The number of benzene rings is 1. The minimum absolute atomic E-state index is 0.629. The van der Waals surface area contributed by atoms with Gasteiger partial charge in [-0.15, -0.1) is 0 Å². The number of rotatable bonds is 1. The van der Waals surface area contributed by atoms with Gasteiger partial charge in [-0.3, -0.25) is 4.98 Å². The van der Waals surface area contributed by atoms with E-state index in [1.807, 2.05) is 30.3 Å². The van der Waals surface area contributed by atoms with E-state index in [0.29, 0.717) is 0 Å². The van der Waals surface area contributed by atoms with Crippen molar-refractivity contribution in [3.05, 3.63) is 40.5 Å². The lowest BCUT2D eigenvalue weighted by Gasteiger charge is -2.08. The van der Waals surface area contributed by atoms with Crippen molar-refractivity contribution in [1.29, 1.82) is 5.26 Å². The van der Waals surface area contributed by atoms with Crippen molar-refractivity contribution in [3.8, 4) is 6.07 Å². The fourth-order valence-electron chi connectivity index (χ4n) is 1.48. The van der Waals surface area contributed by atoms with E-state index in [1.165, 1.54) is 0 Å². The molecule has 1 aromatic heterocycles. The zero-order valence-corrected chi connectivity index (χ0v) is 9.40. The molecule has 0 aliphatic rings. The second-order valence-corrected chi connectivity index (χ2v) is 4.00. The van der Waals surface area contributed by atoms with Gasteiger partial charge in [-0.2, -0.15) is 5.26 Å². The van der Waals surface area contributed by atoms with E-state index < -0.39 is 6.04 Å². The molecule has 0 spiro atoms. The summed E-state index contributed by atoms with van der Waals surface area (Å²) in [5.41, 5.74) is 7.23. The molecule has 0 radical (unpaired) electrons. The maximum atomic E-state index is 8.80. The van der Waals surface area contributed by atoms with Crippen LogP contribution in [-0.2, 0) is 0 Å². The Morgan fingerprint density at radius 2 is 2.20 bits per heavy atom. The maximum absolute atomic E-state index is 8.80. The van der Waals surface area contributed by atoms with Crippen LogP contribution in [0.5, 0.6) is 0 Å². The Balaban J connectivity index is 2.78. The SMILES string of the molecule is N#CC(N)c1ccc(Br)c2cccnc12. The van der Waals surface area contributed by atoms with Gasteiger partial charge in [0.15, 0.2) is 0 Å². The Labute approximate surface area is 95.7 Å². The van der Waals surface area contributed by atoms with E-state index >= 15 is 0 Å². The number of aromatic nitrogens is 1. The third-order valence-corrected chi connectivity index (χ3v) is 2.91. The molecule has 74 valence electrons. The van der Waals surface area contributed by atoms with Crippen molar-refractivity contribution in [2.45, 2.75) is 6.04 Å². The number of nitrogens with zero attached hydrogens (tertiary/aromatic N) is 2. The number of fused-ring (bicyclic) bond motifs is 1. The third kappa shape index (κ3) is 1.72. The van der Waals surface area contributed by atoms with Crippen LogP contribution in [0.4, 0.5) is 0 Å². The fourth-order valence-corrected chi connectivity index (χ4v) is 1.93. The summed E-state index contributed by atoms with van der Waals surface area (Å²) in [5, 5.41) is 9.78. The summed E-state index contributed by atoms with van der Waals surface area (Å²) >= 11 is 3.44. The predicted molar refractivity (Wildman–Crippen MR) is 62.0 cm³/mol. The first-order valence-electron chi connectivity index (χ1n) is 4.42. The molecule has 2 N–H and O–H groups in total. The quantitative estimate of drug-likeness (QED) is 0.858. The van der Waals surface area contributed by atoms with Gasteiger partial charge in [0.25, 0.3) is 0 Å². The highest BCUT2D eigenvalue weighted by Crippen LogP contribution is 2.27. The highest BCUT2D eigenvalue weighted by atomic mass is 79.9.